The van der Waals surface area contributed by atoms with Crippen LogP contribution in [0.2, 0.25) is 0 Å². The van der Waals surface area contributed by atoms with Crippen molar-refractivity contribution in [2.45, 2.75) is 25.7 Å². The molecular formula is C6H12O4S. The number of hydrogen-bond acceptors (Lipinski definition) is 3. The largest absolute Gasteiger partial charge is 0.481 e. The van der Waals surface area contributed by atoms with E-state index in [0.29, 0.717) is 19.3 Å². The second-order valence-corrected chi connectivity index (χ2v) is 3.37. The topological polar surface area (TPSA) is 71.4 Å². The molecule has 11 heavy (non-hydrogen) atoms. The van der Waals surface area contributed by atoms with E-state index in [0.717, 1.165) is 0 Å². The predicted molar refractivity (Wildman–Crippen MR) is 41.3 cm³/mol. The first kappa shape index (κ1) is 10.4. The molecule has 0 aromatic heterocycles. The quantitative estimate of drug-likeness (QED) is 0.454. The smallest absolute Gasteiger partial charge is 0.303 e. The van der Waals surface area contributed by atoms with Crippen LogP contribution in [0.1, 0.15) is 25.7 Å². The van der Waals surface area contributed by atoms with Crippen molar-refractivity contribution in [3.8, 4) is 0 Å². The van der Waals surface area contributed by atoms with Gasteiger partial charge in [0.15, 0.2) is 0 Å². The summed E-state index contributed by atoms with van der Waals surface area (Å²) in [5.41, 5.74) is 0. The monoisotopic (exact) mass is 180 g/mol. The number of thiol groups is 1. The van der Waals surface area contributed by atoms with E-state index in [1.54, 1.807) is 0 Å². The van der Waals surface area contributed by atoms with E-state index in [1.807, 2.05) is 0 Å². The average Bonchev–Trinajstić information content (AvgIpc) is 1.85. The van der Waals surface area contributed by atoms with Crippen LogP contribution in [0.4, 0.5) is 0 Å². The molecule has 0 saturated carbocycles. The van der Waals surface area contributed by atoms with Gasteiger partial charge in [0, 0.05) is 12.2 Å². The lowest BCUT2D eigenvalue weighted by atomic mass is 10.2. The SMILES string of the molecule is O=C(O)CCCCC[SH](=O)=O. The predicted octanol–water partition coefficient (Wildman–Crippen LogP) is 0.243. The molecule has 4 nitrogen and oxygen atoms in total. The summed E-state index contributed by atoms with van der Waals surface area (Å²) in [6, 6.07) is 0. The third-order valence-corrected chi connectivity index (χ3v) is 1.91. The van der Waals surface area contributed by atoms with Gasteiger partial charge in [0.05, 0.1) is 0 Å². The summed E-state index contributed by atoms with van der Waals surface area (Å²) in [6.45, 7) is 0. The number of carbonyl (C=O) groups is 1. The number of carboxylic acid groups (broad SMARTS) is 1. The Morgan fingerprint density at radius 2 is 1.82 bits per heavy atom. The number of aliphatic carboxylic acids is 1. The Hall–Kier alpha value is -0.580. The normalized spacial score (nSPS) is 10.3. The minimum atomic E-state index is -2.28. The van der Waals surface area contributed by atoms with Gasteiger partial charge < -0.3 is 5.11 Å². The maximum absolute atomic E-state index is 10.0. The molecule has 0 amide bonds. The molecule has 0 aromatic carbocycles. The summed E-state index contributed by atoms with van der Waals surface area (Å²) in [5.74, 6) is -0.647. The van der Waals surface area contributed by atoms with Crippen molar-refractivity contribution in [1.29, 1.82) is 0 Å². The Balaban J connectivity index is 3.09. The minimum Gasteiger partial charge on any atom is -0.481 e. The molecular weight excluding hydrogens is 168 g/mol. The van der Waals surface area contributed by atoms with Crippen LogP contribution in [0.25, 0.3) is 0 Å². The van der Waals surface area contributed by atoms with Crippen LogP contribution in [0.5, 0.6) is 0 Å². The molecule has 0 radical (unpaired) electrons. The molecule has 0 spiro atoms. The first-order valence-electron chi connectivity index (χ1n) is 3.46. The van der Waals surface area contributed by atoms with Gasteiger partial charge in [-0.15, -0.1) is 0 Å². The Kier molecular flexibility index (Phi) is 5.83. The van der Waals surface area contributed by atoms with Crippen molar-refractivity contribution in [3.05, 3.63) is 0 Å². The zero-order valence-electron chi connectivity index (χ0n) is 6.15. The lowest BCUT2D eigenvalue weighted by Crippen LogP contribution is -1.94. The van der Waals surface area contributed by atoms with Gasteiger partial charge in [0.1, 0.15) is 10.7 Å². The molecule has 5 heteroatoms. The fraction of sp³-hybridized carbons (Fsp3) is 0.833. The first-order chi connectivity index (χ1) is 5.13. The van der Waals surface area contributed by atoms with E-state index < -0.39 is 16.7 Å². The van der Waals surface area contributed by atoms with Crippen molar-refractivity contribution in [2.75, 3.05) is 5.75 Å². The highest BCUT2D eigenvalue weighted by atomic mass is 32.2. The van der Waals surface area contributed by atoms with E-state index in [-0.39, 0.29) is 12.2 Å². The van der Waals surface area contributed by atoms with Gasteiger partial charge in [-0.2, -0.15) is 0 Å². The van der Waals surface area contributed by atoms with Gasteiger partial charge in [0.2, 0.25) is 0 Å². The second-order valence-electron chi connectivity index (χ2n) is 2.26. The number of carboxylic acids is 1. The molecule has 0 aliphatic rings. The highest BCUT2D eigenvalue weighted by Gasteiger charge is 1.96. The molecule has 66 valence electrons. The summed E-state index contributed by atoms with van der Waals surface area (Å²) in [4.78, 5) is 9.98. The van der Waals surface area contributed by atoms with Crippen LogP contribution in [-0.2, 0) is 15.5 Å². The van der Waals surface area contributed by atoms with Crippen LogP contribution in [-0.4, -0.2) is 25.2 Å². The molecule has 0 fully saturated rings. The van der Waals surface area contributed by atoms with Crippen molar-refractivity contribution < 1.29 is 18.3 Å². The van der Waals surface area contributed by atoms with Gasteiger partial charge in [-0.3, -0.25) is 4.79 Å². The fourth-order valence-electron chi connectivity index (χ4n) is 0.694. The molecule has 1 N–H and O–H groups in total. The van der Waals surface area contributed by atoms with E-state index in [1.165, 1.54) is 0 Å². The Bertz CT molecular complexity index is 177. The molecule has 0 aliphatic heterocycles. The zero-order chi connectivity index (χ0) is 8.69. The second kappa shape index (κ2) is 6.15. The molecule has 0 aliphatic carbocycles. The highest BCUT2D eigenvalue weighted by Crippen LogP contribution is 1.99. The van der Waals surface area contributed by atoms with Gasteiger partial charge in [0.25, 0.3) is 0 Å². The van der Waals surface area contributed by atoms with E-state index in [4.69, 9.17) is 5.11 Å². The first-order valence-corrected chi connectivity index (χ1v) is 4.83. The van der Waals surface area contributed by atoms with E-state index >= 15 is 0 Å². The molecule has 0 aromatic rings. The van der Waals surface area contributed by atoms with Crippen LogP contribution in [0, 0.1) is 0 Å². The third-order valence-electron chi connectivity index (χ3n) is 1.23. The third kappa shape index (κ3) is 9.42. The number of rotatable bonds is 6. The van der Waals surface area contributed by atoms with Crippen molar-refractivity contribution in [3.63, 3.8) is 0 Å². The van der Waals surface area contributed by atoms with Crippen LogP contribution in [0.3, 0.4) is 0 Å². The molecule has 0 heterocycles. The molecule has 0 rings (SSSR count). The fourth-order valence-corrected chi connectivity index (χ4v) is 1.18. The Morgan fingerprint density at radius 3 is 2.27 bits per heavy atom. The summed E-state index contributed by atoms with van der Waals surface area (Å²) < 4.78 is 20.0. The summed E-state index contributed by atoms with van der Waals surface area (Å²) >= 11 is 0. The molecule has 0 atom stereocenters. The molecule has 0 saturated heterocycles. The summed E-state index contributed by atoms with van der Waals surface area (Å²) in [7, 11) is -2.28. The van der Waals surface area contributed by atoms with Gasteiger partial charge in [-0.05, 0) is 12.8 Å². The highest BCUT2D eigenvalue weighted by molar-refractivity contribution is 7.72. The summed E-state index contributed by atoms with van der Waals surface area (Å²) in [6.07, 6.45) is 1.95. The van der Waals surface area contributed by atoms with Crippen LogP contribution < -0.4 is 0 Å². The molecule has 0 unspecified atom stereocenters. The maximum Gasteiger partial charge on any atom is 0.303 e. The van der Waals surface area contributed by atoms with Crippen molar-refractivity contribution in [2.24, 2.45) is 0 Å². The van der Waals surface area contributed by atoms with Gasteiger partial charge in [-0.1, -0.05) is 6.42 Å². The molecule has 0 bridgehead atoms. The zero-order valence-corrected chi connectivity index (χ0v) is 7.05. The standard InChI is InChI=1S/C6H12O4S/c7-6(8)4-2-1-3-5-11(9)10/h11H,1-5H2,(H,7,8). The Morgan fingerprint density at radius 1 is 1.18 bits per heavy atom. The number of unbranched alkanes of at least 4 members (excludes halogenated alkanes) is 2. The Labute approximate surface area is 67.2 Å². The lowest BCUT2D eigenvalue weighted by molar-refractivity contribution is -0.137. The maximum atomic E-state index is 10.0. The van der Waals surface area contributed by atoms with Gasteiger partial charge >= 0.3 is 5.97 Å². The van der Waals surface area contributed by atoms with Crippen LogP contribution >= 0.6 is 0 Å². The van der Waals surface area contributed by atoms with Crippen molar-refractivity contribution in [1.82, 2.24) is 0 Å². The van der Waals surface area contributed by atoms with Crippen molar-refractivity contribution >= 4 is 16.7 Å². The van der Waals surface area contributed by atoms with Gasteiger partial charge in [-0.25, -0.2) is 8.42 Å². The lowest BCUT2D eigenvalue weighted by Gasteiger charge is -1.92. The minimum absolute atomic E-state index is 0.135. The van der Waals surface area contributed by atoms with E-state index in [9.17, 15) is 13.2 Å². The average molecular weight is 180 g/mol. The van der Waals surface area contributed by atoms with E-state index in [2.05, 4.69) is 0 Å². The van der Waals surface area contributed by atoms with Crippen LogP contribution in [0.15, 0.2) is 0 Å². The summed E-state index contributed by atoms with van der Waals surface area (Å²) in [5, 5.41) is 8.20. The number of hydrogen-bond donors (Lipinski definition) is 2.